The second kappa shape index (κ2) is 7.56. The van der Waals surface area contributed by atoms with Crippen molar-refractivity contribution in [3.63, 3.8) is 0 Å². The van der Waals surface area contributed by atoms with Crippen molar-refractivity contribution in [2.24, 2.45) is 0 Å². The van der Waals surface area contributed by atoms with E-state index < -0.39 is 0 Å². The lowest BCUT2D eigenvalue weighted by Crippen LogP contribution is -2.37. The van der Waals surface area contributed by atoms with E-state index in [4.69, 9.17) is 4.42 Å². The van der Waals surface area contributed by atoms with Crippen LogP contribution in [0, 0.1) is 0 Å². The van der Waals surface area contributed by atoms with E-state index in [0.29, 0.717) is 43.1 Å². The molecular formula is C21H19BrN2O3. The Hall–Kier alpha value is -2.60. The number of rotatable bonds is 2. The van der Waals surface area contributed by atoms with Crippen molar-refractivity contribution in [1.82, 2.24) is 9.80 Å². The number of benzene rings is 2. The lowest BCUT2D eigenvalue weighted by atomic mass is 10.2. The summed E-state index contributed by atoms with van der Waals surface area (Å²) in [5.74, 6) is 0.223. The van der Waals surface area contributed by atoms with Gasteiger partial charge in [-0.2, -0.15) is 0 Å². The third-order valence-electron chi connectivity index (χ3n) is 4.78. The Kier molecular flexibility index (Phi) is 4.99. The molecule has 1 aliphatic rings. The number of carbonyl (C=O) groups is 2. The third kappa shape index (κ3) is 3.76. The van der Waals surface area contributed by atoms with Gasteiger partial charge in [0.25, 0.3) is 11.8 Å². The normalized spacial score (nSPS) is 15.0. The van der Waals surface area contributed by atoms with Gasteiger partial charge in [0, 0.05) is 41.6 Å². The first kappa shape index (κ1) is 17.8. The maximum atomic E-state index is 12.9. The first-order chi connectivity index (χ1) is 13.1. The summed E-state index contributed by atoms with van der Waals surface area (Å²) < 4.78 is 6.67. The number of amides is 2. The van der Waals surface area contributed by atoms with Crippen molar-refractivity contribution >= 4 is 38.7 Å². The van der Waals surface area contributed by atoms with E-state index in [2.05, 4.69) is 15.9 Å². The lowest BCUT2D eigenvalue weighted by Gasteiger charge is -2.21. The summed E-state index contributed by atoms with van der Waals surface area (Å²) >= 11 is 3.43. The second-order valence-corrected chi connectivity index (χ2v) is 7.51. The van der Waals surface area contributed by atoms with Crippen LogP contribution in [0.4, 0.5) is 0 Å². The van der Waals surface area contributed by atoms with Gasteiger partial charge >= 0.3 is 0 Å². The van der Waals surface area contributed by atoms with Gasteiger partial charge in [-0.05, 0) is 42.8 Å². The van der Waals surface area contributed by atoms with E-state index in [1.807, 2.05) is 53.4 Å². The van der Waals surface area contributed by atoms with Gasteiger partial charge in [-0.25, -0.2) is 0 Å². The highest BCUT2D eigenvalue weighted by Crippen LogP contribution is 2.24. The van der Waals surface area contributed by atoms with Gasteiger partial charge < -0.3 is 14.2 Å². The Morgan fingerprint density at radius 3 is 2.30 bits per heavy atom. The number of carbonyl (C=O) groups excluding carboxylic acids is 2. The van der Waals surface area contributed by atoms with Crippen LogP contribution in [-0.4, -0.2) is 47.8 Å². The highest BCUT2D eigenvalue weighted by molar-refractivity contribution is 9.10. The summed E-state index contributed by atoms with van der Waals surface area (Å²) in [5, 5.41) is 0.892. The molecule has 0 saturated carbocycles. The predicted octanol–water partition coefficient (Wildman–Crippen LogP) is 4.18. The highest BCUT2D eigenvalue weighted by Gasteiger charge is 2.25. The Morgan fingerprint density at radius 2 is 1.56 bits per heavy atom. The molecule has 1 aliphatic heterocycles. The Morgan fingerprint density at radius 1 is 0.852 bits per heavy atom. The van der Waals surface area contributed by atoms with E-state index in [0.717, 1.165) is 16.3 Å². The zero-order valence-electron chi connectivity index (χ0n) is 14.7. The molecule has 27 heavy (non-hydrogen) atoms. The fourth-order valence-corrected chi connectivity index (χ4v) is 3.74. The molecule has 0 aliphatic carbocycles. The molecule has 0 unspecified atom stereocenters. The summed E-state index contributed by atoms with van der Waals surface area (Å²) in [6.45, 7) is 2.27. The molecule has 1 fully saturated rings. The quantitative estimate of drug-likeness (QED) is 0.617. The van der Waals surface area contributed by atoms with Gasteiger partial charge in [0.2, 0.25) is 0 Å². The largest absolute Gasteiger partial charge is 0.451 e. The van der Waals surface area contributed by atoms with Crippen molar-refractivity contribution in [2.75, 3.05) is 26.2 Å². The van der Waals surface area contributed by atoms with Crippen LogP contribution < -0.4 is 0 Å². The Bertz CT molecular complexity index is 984. The van der Waals surface area contributed by atoms with E-state index in [-0.39, 0.29) is 11.8 Å². The minimum Gasteiger partial charge on any atom is -0.451 e. The third-order valence-corrected chi connectivity index (χ3v) is 5.27. The van der Waals surface area contributed by atoms with Crippen LogP contribution in [0.1, 0.15) is 27.3 Å². The number of furan rings is 1. The van der Waals surface area contributed by atoms with Gasteiger partial charge in [-0.1, -0.05) is 34.1 Å². The molecule has 1 saturated heterocycles. The van der Waals surface area contributed by atoms with Gasteiger partial charge in [0.15, 0.2) is 5.76 Å². The minimum absolute atomic E-state index is 0.0125. The average molecular weight is 427 g/mol. The first-order valence-corrected chi connectivity index (χ1v) is 9.74. The van der Waals surface area contributed by atoms with Crippen LogP contribution >= 0.6 is 15.9 Å². The van der Waals surface area contributed by atoms with Crippen LogP contribution in [0.5, 0.6) is 0 Å². The molecule has 2 amide bonds. The van der Waals surface area contributed by atoms with Crippen molar-refractivity contribution in [3.05, 3.63) is 70.4 Å². The summed E-state index contributed by atoms with van der Waals surface area (Å²) in [6.07, 6.45) is 0.746. The summed E-state index contributed by atoms with van der Waals surface area (Å²) in [4.78, 5) is 29.1. The van der Waals surface area contributed by atoms with Crippen molar-refractivity contribution in [1.29, 1.82) is 0 Å². The molecule has 0 spiro atoms. The molecule has 0 N–H and O–H groups in total. The first-order valence-electron chi connectivity index (χ1n) is 8.94. The van der Waals surface area contributed by atoms with Gasteiger partial charge in [0.1, 0.15) is 5.58 Å². The summed E-state index contributed by atoms with van der Waals surface area (Å²) in [6, 6.07) is 16.7. The standard InChI is InChI=1S/C21H19BrN2O3/c22-17-7-8-18-16(13-17)14-19(27-18)21(26)24-10-4-9-23(11-12-24)20(25)15-5-2-1-3-6-15/h1-3,5-8,13-14H,4,9-12H2. The monoisotopic (exact) mass is 426 g/mol. The number of nitrogens with zero attached hydrogens (tertiary/aromatic N) is 2. The number of halogens is 1. The lowest BCUT2D eigenvalue weighted by molar-refractivity contribution is 0.0702. The molecule has 138 valence electrons. The fraction of sp³-hybridized carbons (Fsp3) is 0.238. The minimum atomic E-state index is -0.128. The number of hydrogen-bond acceptors (Lipinski definition) is 3. The molecule has 2 heterocycles. The highest BCUT2D eigenvalue weighted by atomic mass is 79.9. The van der Waals surface area contributed by atoms with Gasteiger partial charge in [0.05, 0.1) is 0 Å². The zero-order chi connectivity index (χ0) is 18.8. The smallest absolute Gasteiger partial charge is 0.289 e. The van der Waals surface area contributed by atoms with Crippen LogP contribution in [0.2, 0.25) is 0 Å². The average Bonchev–Trinajstić information content (AvgIpc) is 2.95. The molecule has 6 heteroatoms. The van der Waals surface area contributed by atoms with E-state index in [1.165, 1.54) is 0 Å². The SMILES string of the molecule is O=C(c1ccccc1)N1CCCN(C(=O)c2cc3cc(Br)ccc3o2)CC1. The van der Waals surface area contributed by atoms with Gasteiger partial charge in [-0.3, -0.25) is 9.59 Å². The fourth-order valence-electron chi connectivity index (χ4n) is 3.36. The van der Waals surface area contributed by atoms with E-state index in [1.54, 1.807) is 11.0 Å². The topological polar surface area (TPSA) is 53.8 Å². The predicted molar refractivity (Wildman–Crippen MR) is 107 cm³/mol. The maximum absolute atomic E-state index is 12.9. The number of hydrogen-bond donors (Lipinski definition) is 0. The van der Waals surface area contributed by atoms with Gasteiger partial charge in [-0.15, -0.1) is 0 Å². The van der Waals surface area contributed by atoms with Crippen LogP contribution in [-0.2, 0) is 0 Å². The zero-order valence-corrected chi connectivity index (χ0v) is 16.3. The molecule has 0 atom stereocenters. The Labute approximate surface area is 165 Å². The number of fused-ring (bicyclic) bond motifs is 1. The molecule has 2 aromatic carbocycles. The van der Waals surface area contributed by atoms with Crippen molar-refractivity contribution < 1.29 is 14.0 Å². The molecule has 0 bridgehead atoms. The summed E-state index contributed by atoms with van der Waals surface area (Å²) in [7, 11) is 0. The van der Waals surface area contributed by atoms with Crippen molar-refractivity contribution in [3.8, 4) is 0 Å². The van der Waals surface area contributed by atoms with Crippen LogP contribution in [0.3, 0.4) is 0 Å². The second-order valence-electron chi connectivity index (χ2n) is 6.60. The van der Waals surface area contributed by atoms with Crippen molar-refractivity contribution in [2.45, 2.75) is 6.42 Å². The van der Waals surface area contributed by atoms with E-state index in [9.17, 15) is 9.59 Å². The molecule has 0 radical (unpaired) electrons. The van der Waals surface area contributed by atoms with E-state index >= 15 is 0 Å². The summed E-state index contributed by atoms with van der Waals surface area (Å²) in [5.41, 5.74) is 1.37. The molecule has 1 aromatic heterocycles. The molecular weight excluding hydrogens is 408 g/mol. The molecule has 3 aromatic rings. The Balaban J connectivity index is 1.47. The molecule has 4 rings (SSSR count). The maximum Gasteiger partial charge on any atom is 0.289 e. The molecule has 5 nitrogen and oxygen atoms in total. The van der Waals surface area contributed by atoms with Crippen LogP contribution in [0.15, 0.2) is 63.5 Å². The van der Waals surface area contributed by atoms with Crippen LogP contribution in [0.25, 0.3) is 11.0 Å².